The zero-order chi connectivity index (χ0) is 20.5. The molecule has 2 aromatic heterocycles. The summed E-state index contributed by atoms with van der Waals surface area (Å²) in [6.45, 7) is 2.24. The van der Waals surface area contributed by atoms with Gasteiger partial charge < -0.3 is 4.42 Å². The number of nitro benzene ring substituents is 1. The van der Waals surface area contributed by atoms with Crippen LogP contribution in [0.3, 0.4) is 0 Å². The van der Waals surface area contributed by atoms with Crippen molar-refractivity contribution in [3.63, 3.8) is 0 Å². The molecule has 0 radical (unpaired) electrons. The second kappa shape index (κ2) is 7.48. The molecule has 0 saturated heterocycles. The fourth-order valence-electron chi connectivity index (χ4n) is 3.13. The van der Waals surface area contributed by atoms with Gasteiger partial charge >= 0.3 is 5.63 Å². The minimum absolute atomic E-state index is 0.0353. The maximum Gasteiger partial charge on any atom is 0.336 e. The van der Waals surface area contributed by atoms with Crippen LogP contribution in [0, 0.1) is 10.1 Å². The summed E-state index contributed by atoms with van der Waals surface area (Å²) < 4.78 is 6.88. The Morgan fingerprint density at radius 2 is 2.03 bits per heavy atom. The highest BCUT2D eigenvalue weighted by atomic mass is 35.5. The van der Waals surface area contributed by atoms with Crippen molar-refractivity contribution in [2.24, 2.45) is 0 Å². The van der Waals surface area contributed by atoms with Gasteiger partial charge in [-0.2, -0.15) is 5.10 Å². The third kappa shape index (κ3) is 3.74. The number of non-ortho nitro benzene ring substituents is 1. The van der Waals surface area contributed by atoms with Crippen LogP contribution >= 0.6 is 11.6 Å². The van der Waals surface area contributed by atoms with Crippen LogP contribution in [0.25, 0.3) is 22.4 Å². The predicted molar refractivity (Wildman–Crippen MR) is 108 cm³/mol. The standard InChI is InChI=1S/C20H15ClN4O4/c1-2-12-7-18-16(9-17(12)21)14(8-19(26)29-18)10-24-11-22-20(23-24)13-4-3-5-15(6-13)25(27)28/h3-9,11H,2,10H2,1H3. The van der Waals surface area contributed by atoms with Gasteiger partial charge in [-0.05, 0) is 29.7 Å². The molecule has 2 aromatic carbocycles. The van der Waals surface area contributed by atoms with Crippen molar-refractivity contribution in [2.45, 2.75) is 19.9 Å². The molecule has 0 amide bonds. The van der Waals surface area contributed by atoms with Crippen LogP contribution < -0.4 is 5.63 Å². The molecule has 29 heavy (non-hydrogen) atoms. The van der Waals surface area contributed by atoms with Crippen molar-refractivity contribution in [1.82, 2.24) is 14.8 Å². The van der Waals surface area contributed by atoms with Crippen LogP contribution in [-0.2, 0) is 13.0 Å². The number of nitrogens with zero attached hydrogens (tertiary/aromatic N) is 4. The van der Waals surface area contributed by atoms with Crippen LogP contribution in [0.4, 0.5) is 5.69 Å². The molecule has 0 aliphatic heterocycles. The topological polar surface area (TPSA) is 104 Å². The van der Waals surface area contributed by atoms with Crippen molar-refractivity contribution in [3.8, 4) is 11.4 Å². The van der Waals surface area contributed by atoms with Gasteiger partial charge in [-0.3, -0.25) is 10.1 Å². The van der Waals surface area contributed by atoms with E-state index in [1.54, 1.807) is 28.9 Å². The highest BCUT2D eigenvalue weighted by molar-refractivity contribution is 6.32. The van der Waals surface area contributed by atoms with Gasteiger partial charge in [0.1, 0.15) is 11.9 Å². The van der Waals surface area contributed by atoms with Gasteiger partial charge in [0.2, 0.25) is 0 Å². The maximum absolute atomic E-state index is 12.0. The summed E-state index contributed by atoms with van der Waals surface area (Å²) in [5.41, 5.74) is 2.09. The predicted octanol–water partition coefficient (Wildman–Crippen LogP) is 4.22. The number of aromatic nitrogens is 3. The third-order valence-electron chi connectivity index (χ3n) is 4.56. The zero-order valence-corrected chi connectivity index (χ0v) is 16.1. The Kier molecular flexibility index (Phi) is 4.85. The van der Waals surface area contributed by atoms with E-state index in [-0.39, 0.29) is 12.2 Å². The number of hydrogen-bond donors (Lipinski definition) is 0. The van der Waals surface area contributed by atoms with E-state index in [1.807, 2.05) is 6.92 Å². The molecule has 0 N–H and O–H groups in total. The van der Waals surface area contributed by atoms with Crippen LogP contribution in [0.1, 0.15) is 18.1 Å². The first-order valence-electron chi connectivity index (χ1n) is 8.84. The summed E-state index contributed by atoms with van der Waals surface area (Å²) in [7, 11) is 0. The largest absolute Gasteiger partial charge is 0.423 e. The van der Waals surface area contributed by atoms with Crippen LogP contribution in [0.15, 0.2) is 58.0 Å². The molecule has 0 aliphatic rings. The highest BCUT2D eigenvalue weighted by Gasteiger charge is 2.13. The van der Waals surface area contributed by atoms with E-state index in [0.29, 0.717) is 27.6 Å². The summed E-state index contributed by atoms with van der Waals surface area (Å²) in [5, 5.41) is 16.7. The molecule has 4 rings (SSSR count). The first-order chi connectivity index (χ1) is 13.9. The molecule has 0 spiro atoms. The molecule has 8 nitrogen and oxygen atoms in total. The van der Waals surface area contributed by atoms with Gasteiger partial charge in [0, 0.05) is 34.2 Å². The van der Waals surface area contributed by atoms with Gasteiger partial charge in [-0.15, -0.1) is 0 Å². The molecule has 0 bridgehead atoms. The summed E-state index contributed by atoms with van der Waals surface area (Å²) in [6.07, 6.45) is 2.23. The van der Waals surface area contributed by atoms with E-state index in [9.17, 15) is 14.9 Å². The second-order valence-corrected chi connectivity index (χ2v) is 6.86. The Labute approximate surface area is 169 Å². The van der Waals surface area contributed by atoms with Crippen LogP contribution in [0.5, 0.6) is 0 Å². The number of aryl methyl sites for hydroxylation is 1. The van der Waals surface area contributed by atoms with E-state index in [2.05, 4.69) is 10.1 Å². The molecule has 4 aromatic rings. The van der Waals surface area contributed by atoms with Crippen molar-refractivity contribution < 1.29 is 9.34 Å². The van der Waals surface area contributed by atoms with Crippen LogP contribution in [0.2, 0.25) is 5.02 Å². The summed E-state index contributed by atoms with van der Waals surface area (Å²) >= 11 is 6.33. The molecular formula is C20H15ClN4O4. The average Bonchev–Trinajstić information content (AvgIpc) is 3.16. The lowest BCUT2D eigenvalue weighted by atomic mass is 10.1. The molecule has 0 unspecified atom stereocenters. The Balaban J connectivity index is 1.71. The summed E-state index contributed by atoms with van der Waals surface area (Å²) in [4.78, 5) is 26.7. The van der Waals surface area contributed by atoms with Gasteiger partial charge in [0.15, 0.2) is 5.82 Å². The lowest BCUT2D eigenvalue weighted by Gasteiger charge is -2.08. The first kappa shape index (κ1) is 18.8. The van der Waals surface area contributed by atoms with Gasteiger partial charge in [0.25, 0.3) is 5.69 Å². The average molecular weight is 411 g/mol. The Morgan fingerprint density at radius 1 is 1.21 bits per heavy atom. The van der Waals surface area contributed by atoms with E-state index >= 15 is 0 Å². The second-order valence-electron chi connectivity index (χ2n) is 6.46. The Morgan fingerprint density at radius 3 is 2.79 bits per heavy atom. The highest BCUT2D eigenvalue weighted by Crippen LogP contribution is 2.27. The molecule has 2 heterocycles. The van der Waals surface area contributed by atoms with E-state index in [4.69, 9.17) is 16.0 Å². The van der Waals surface area contributed by atoms with Gasteiger partial charge in [-0.1, -0.05) is 30.7 Å². The monoisotopic (exact) mass is 410 g/mol. The minimum atomic E-state index is -0.468. The lowest BCUT2D eigenvalue weighted by Crippen LogP contribution is -2.06. The van der Waals surface area contributed by atoms with Crippen molar-refractivity contribution >= 4 is 28.3 Å². The zero-order valence-electron chi connectivity index (χ0n) is 15.3. The summed E-state index contributed by atoms with van der Waals surface area (Å²) in [6, 6.07) is 11.1. The molecule has 0 saturated carbocycles. The van der Waals surface area contributed by atoms with Crippen molar-refractivity contribution in [2.75, 3.05) is 0 Å². The first-order valence-corrected chi connectivity index (χ1v) is 9.22. The molecule has 0 atom stereocenters. The molecular weight excluding hydrogens is 396 g/mol. The van der Waals surface area contributed by atoms with Crippen molar-refractivity contribution in [3.05, 3.63) is 85.5 Å². The fourth-order valence-corrected chi connectivity index (χ4v) is 3.42. The Bertz CT molecular complexity index is 1300. The normalized spacial score (nSPS) is 11.1. The lowest BCUT2D eigenvalue weighted by molar-refractivity contribution is -0.384. The van der Waals surface area contributed by atoms with Gasteiger partial charge in [-0.25, -0.2) is 14.5 Å². The van der Waals surface area contributed by atoms with E-state index < -0.39 is 10.5 Å². The number of hydrogen-bond acceptors (Lipinski definition) is 6. The number of benzene rings is 2. The molecule has 146 valence electrons. The SMILES string of the molecule is CCc1cc2oc(=O)cc(Cn3cnc(-c4cccc([N+](=O)[O-])c4)n3)c2cc1Cl. The van der Waals surface area contributed by atoms with Crippen LogP contribution in [-0.4, -0.2) is 19.7 Å². The Hall–Kier alpha value is -3.52. The number of fused-ring (bicyclic) bond motifs is 1. The third-order valence-corrected chi connectivity index (χ3v) is 4.91. The van der Waals surface area contributed by atoms with Crippen molar-refractivity contribution in [1.29, 1.82) is 0 Å². The quantitative estimate of drug-likeness (QED) is 0.277. The smallest absolute Gasteiger partial charge is 0.336 e. The minimum Gasteiger partial charge on any atom is -0.423 e. The summed E-state index contributed by atoms with van der Waals surface area (Å²) in [5.74, 6) is 0.354. The molecule has 9 heteroatoms. The number of nitro groups is 1. The molecule has 0 aliphatic carbocycles. The number of rotatable bonds is 5. The van der Waals surface area contributed by atoms with E-state index in [1.165, 1.54) is 24.5 Å². The van der Waals surface area contributed by atoms with E-state index in [0.717, 1.165) is 17.4 Å². The maximum atomic E-state index is 12.0. The fraction of sp³-hybridized carbons (Fsp3) is 0.150. The van der Waals surface area contributed by atoms with Gasteiger partial charge in [0.05, 0.1) is 11.5 Å². The molecule has 0 fully saturated rings. The number of halogens is 1.